The first kappa shape index (κ1) is 21.4. The number of hydrogen-bond donors (Lipinski definition) is 2. The normalized spacial score (nSPS) is 12.9. The van der Waals surface area contributed by atoms with Crippen molar-refractivity contribution in [2.45, 2.75) is 39.7 Å². The lowest BCUT2D eigenvalue weighted by molar-refractivity contribution is 0.0487. The van der Waals surface area contributed by atoms with Crippen LogP contribution in [0.25, 0.3) is 0 Å². The minimum Gasteiger partial charge on any atom is -0.379 e. The Morgan fingerprint density at radius 2 is 1.92 bits per heavy atom. The Morgan fingerprint density at radius 3 is 2.56 bits per heavy atom. The average Bonchev–Trinajstić information content (AvgIpc) is 2.61. The van der Waals surface area contributed by atoms with Crippen LogP contribution in [0.4, 0.5) is 4.39 Å². The summed E-state index contributed by atoms with van der Waals surface area (Å²) in [4.78, 5) is 4.18. The van der Waals surface area contributed by atoms with Gasteiger partial charge in [-0.25, -0.2) is 4.39 Å². The van der Waals surface area contributed by atoms with E-state index in [0.717, 1.165) is 25.0 Å². The molecule has 142 valence electrons. The Labute approximate surface area is 151 Å². The fourth-order valence-electron chi connectivity index (χ4n) is 2.17. The summed E-state index contributed by atoms with van der Waals surface area (Å²) in [6.07, 6.45) is 2.23. The zero-order chi connectivity index (χ0) is 18.5. The van der Waals surface area contributed by atoms with E-state index in [1.807, 2.05) is 13.0 Å². The first-order valence-corrected chi connectivity index (χ1v) is 8.97. The molecule has 1 rings (SSSR count). The summed E-state index contributed by atoms with van der Waals surface area (Å²) in [5.74, 6) is 0.472. The van der Waals surface area contributed by atoms with Gasteiger partial charge in [0.05, 0.1) is 25.9 Å². The molecule has 25 heavy (non-hydrogen) atoms. The standard InChI is InChI=1S/C19H32FN3O2/c1-5-6-10-24-12-13-25-11-9-22-19(21-4)23-16(3)17-8-7-15(2)18(20)14-17/h7-8,14,16H,5-6,9-13H2,1-4H3,(H2,21,22,23). The molecule has 0 fully saturated rings. The lowest BCUT2D eigenvalue weighted by Crippen LogP contribution is -2.40. The molecular formula is C19H32FN3O2. The quantitative estimate of drug-likeness (QED) is 0.364. The van der Waals surface area contributed by atoms with Gasteiger partial charge < -0.3 is 20.1 Å². The number of guanidine groups is 1. The molecule has 0 saturated carbocycles. The number of rotatable bonds is 11. The van der Waals surface area contributed by atoms with Gasteiger partial charge in [-0.2, -0.15) is 0 Å². The highest BCUT2D eigenvalue weighted by molar-refractivity contribution is 5.80. The van der Waals surface area contributed by atoms with Crippen LogP contribution >= 0.6 is 0 Å². The van der Waals surface area contributed by atoms with Gasteiger partial charge in [0.1, 0.15) is 5.82 Å². The molecule has 1 unspecified atom stereocenters. The summed E-state index contributed by atoms with van der Waals surface area (Å²) in [5.41, 5.74) is 1.53. The number of nitrogens with one attached hydrogen (secondary N) is 2. The predicted molar refractivity (Wildman–Crippen MR) is 101 cm³/mol. The molecule has 0 radical (unpaired) electrons. The van der Waals surface area contributed by atoms with Crippen LogP contribution in [0.5, 0.6) is 0 Å². The van der Waals surface area contributed by atoms with Crippen molar-refractivity contribution in [1.82, 2.24) is 10.6 Å². The second kappa shape index (κ2) is 12.7. The number of unbranched alkanes of at least 4 members (excludes halogenated alkanes) is 1. The lowest BCUT2D eigenvalue weighted by atomic mass is 10.1. The van der Waals surface area contributed by atoms with Gasteiger partial charge in [-0.15, -0.1) is 0 Å². The van der Waals surface area contributed by atoms with Crippen LogP contribution in [0.2, 0.25) is 0 Å². The molecule has 0 aliphatic heterocycles. The summed E-state index contributed by atoms with van der Waals surface area (Å²) < 4.78 is 24.6. The highest BCUT2D eigenvalue weighted by Gasteiger charge is 2.09. The van der Waals surface area contributed by atoms with E-state index in [4.69, 9.17) is 9.47 Å². The molecular weight excluding hydrogens is 321 g/mol. The molecule has 1 aromatic rings. The maximum absolute atomic E-state index is 13.7. The predicted octanol–water partition coefficient (Wildman–Crippen LogP) is 3.19. The topological polar surface area (TPSA) is 54.9 Å². The van der Waals surface area contributed by atoms with E-state index >= 15 is 0 Å². The van der Waals surface area contributed by atoms with E-state index in [-0.39, 0.29) is 11.9 Å². The highest BCUT2D eigenvalue weighted by Crippen LogP contribution is 2.16. The van der Waals surface area contributed by atoms with E-state index in [1.165, 1.54) is 0 Å². The maximum atomic E-state index is 13.7. The van der Waals surface area contributed by atoms with Gasteiger partial charge in [0, 0.05) is 20.2 Å². The average molecular weight is 353 g/mol. The smallest absolute Gasteiger partial charge is 0.191 e. The van der Waals surface area contributed by atoms with E-state index in [1.54, 1.807) is 26.1 Å². The fourth-order valence-corrected chi connectivity index (χ4v) is 2.17. The van der Waals surface area contributed by atoms with Crippen LogP contribution in [0, 0.1) is 12.7 Å². The van der Waals surface area contributed by atoms with E-state index in [2.05, 4.69) is 22.5 Å². The van der Waals surface area contributed by atoms with Crippen LogP contribution in [-0.4, -0.2) is 46.0 Å². The first-order chi connectivity index (χ1) is 12.1. The van der Waals surface area contributed by atoms with Crippen molar-refractivity contribution in [2.24, 2.45) is 4.99 Å². The van der Waals surface area contributed by atoms with E-state index in [0.29, 0.717) is 37.9 Å². The number of aryl methyl sites for hydroxylation is 1. The number of aliphatic imine (C=N–C) groups is 1. The molecule has 6 heteroatoms. The second-order valence-corrected chi connectivity index (χ2v) is 5.95. The summed E-state index contributed by atoms with van der Waals surface area (Å²) in [6.45, 7) is 9.11. The molecule has 1 atom stereocenters. The number of nitrogens with zero attached hydrogens (tertiary/aromatic N) is 1. The van der Waals surface area contributed by atoms with Gasteiger partial charge in [-0.1, -0.05) is 25.5 Å². The van der Waals surface area contributed by atoms with Gasteiger partial charge in [0.2, 0.25) is 0 Å². The molecule has 0 heterocycles. The summed E-state index contributed by atoms with van der Waals surface area (Å²) in [7, 11) is 1.71. The third-order valence-electron chi connectivity index (χ3n) is 3.83. The Bertz CT molecular complexity index is 523. The van der Waals surface area contributed by atoms with Gasteiger partial charge in [-0.05, 0) is 37.5 Å². The minimum absolute atomic E-state index is 0.0471. The van der Waals surface area contributed by atoms with E-state index in [9.17, 15) is 4.39 Å². The van der Waals surface area contributed by atoms with Crippen molar-refractivity contribution in [3.05, 3.63) is 35.1 Å². The lowest BCUT2D eigenvalue weighted by Gasteiger charge is -2.18. The zero-order valence-corrected chi connectivity index (χ0v) is 15.9. The van der Waals surface area contributed by atoms with Gasteiger partial charge >= 0.3 is 0 Å². The molecule has 0 amide bonds. The van der Waals surface area contributed by atoms with Crippen LogP contribution in [0.15, 0.2) is 23.2 Å². The van der Waals surface area contributed by atoms with Crippen molar-refractivity contribution in [1.29, 1.82) is 0 Å². The molecule has 5 nitrogen and oxygen atoms in total. The largest absolute Gasteiger partial charge is 0.379 e. The van der Waals surface area contributed by atoms with E-state index < -0.39 is 0 Å². The fraction of sp³-hybridized carbons (Fsp3) is 0.632. The Hall–Kier alpha value is -1.66. The molecule has 1 aromatic carbocycles. The highest BCUT2D eigenvalue weighted by atomic mass is 19.1. The first-order valence-electron chi connectivity index (χ1n) is 8.97. The monoisotopic (exact) mass is 353 g/mol. The van der Waals surface area contributed by atoms with Crippen LogP contribution in [-0.2, 0) is 9.47 Å². The Morgan fingerprint density at radius 1 is 1.20 bits per heavy atom. The summed E-state index contributed by atoms with van der Waals surface area (Å²) in [6, 6.07) is 5.22. The molecule has 0 aliphatic rings. The molecule has 0 aliphatic carbocycles. The SMILES string of the molecule is CCCCOCCOCCNC(=NC)NC(C)c1ccc(C)c(F)c1. The second-order valence-electron chi connectivity index (χ2n) is 5.95. The third kappa shape index (κ3) is 8.84. The Balaban J connectivity index is 2.22. The molecule has 0 saturated heterocycles. The van der Waals surface area contributed by atoms with Crippen molar-refractivity contribution < 1.29 is 13.9 Å². The summed E-state index contributed by atoms with van der Waals surface area (Å²) in [5, 5.41) is 6.43. The van der Waals surface area contributed by atoms with Gasteiger partial charge in [0.15, 0.2) is 5.96 Å². The van der Waals surface area contributed by atoms with Crippen molar-refractivity contribution in [2.75, 3.05) is 40.0 Å². The molecule has 0 spiro atoms. The number of benzene rings is 1. The number of hydrogen-bond acceptors (Lipinski definition) is 3. The minimum atomic E-state index is -0.191. The summed E-state index contributed by atoms with van der Waals surface area (Å²) >= 11 is 0. The number of halogens is 1. The maximum Gasteiger partial charge on any atom is 0.191 e. The van der Waals surface area contributed by atoms with Gasteiger partial charge in [0.25, 0.3) is 0 Å². The zero-order valence-electron chi connectivity index (χ0n) is 15.9. The van der Waals surface area contributed by atoms with Crippen molar-refractivity contribution in [3.63, 3.8) is 0 Å². The molecule has 0 bridgehead atoms. The van der Waals surface area contributed by atoms with Crippen LogP contribution in [0.1, 0.15) is 43.9 Å². The number of ether oxygens (including phenoxy) is 2. The third-order valence-corrected chi connectivity index (χ3v) is 3.83. The van der Waals surface area contributed by atoms with Crippen molar-refractivity contribution >= 4 is 5.96 Å². The van der Waals surface area contributed by atoms with Gasteiger partial charge in [-0.3, -0.25) is 4.99 Å². The molecule has 2 N–H and O–H groups in total. The van der Waals surface area contributed by atoms with Crippen LogP contribution in [0.3, 0.4) is 0 Å². The van der Waals surface area contributed by atoms with Crippen LogP contribution < -0.4 is 10.6 Å². The molecule has 0 aromatic heterocycles. The Kier molecular flexibility index (Phi) is 10.8. The van der Waals surface area contributed by atoms with Crippen molar-refractivity contribution in [3.8, 4) is 0 Å².